The van der Waals surface area contributed by atoms with Crippen LogP contribution in [0.25, 0.3) is 11.0 Å². The summed E-state index contributed by atoms with van der Waals surface area (Å²) in [5.41, 5.74) is 1.47. The Labute approximate surface area is 144 Å². The number of nitrogens with one attached hydrogen (secondary N) is 2. The molecule has 1 heterocycles. The largest absolute Gasteiger partial charge is 0.452 e. The van der Waals surface area contributed by atoms with Crippen LogP contribution in [-0.4, -0.2) is 40.5 Å². The monoisotopic (exact) mass is 342 g/mol. The van der Waals surface area contributed by atoms with Crippen molar-refractivity contribution in [1.29, 1.82) is 0 Å². The van der Waals surface area contributed by atoms with E-state index in [1.807, 2.05) is 0 Å². The zero-order chi connectivity index (χ0) is 17.6. The quantitative estimate of drug-likeness (QED) is 0.816. The van der Waals surface area contributed by atoms with E-state index in [1.54, 1.807) is 18.3 Å². The van der Waals surface area contributed by atoms with Crippen LogP contribution in [0.1, 0.15) is 36.0 Å². The summed E-state index contributed by atoms with van der Waals surface area (Å²) >= 11 is 0. The number of ether oxygens (including phenoxy) is 1. The second kappa shape index (κ2) is 7.69. The zero-order valence-corrected chi connectivity index (χ0v) is 13.5. The summed E-state index contributed by atoms with van der Waals surface area (Å²) in [6.45, 7) is -0.532. The molecular formula is C17H18N4O4. The maximum absolute atomic E-state index is 12.0. The lowest BCUT2D eigenvalue weighted by atomic mass is 10.2. The fourth-order valence-electron chi connectivity index (χ4n) is 2.76. The van der Waals surface area contributed by atoms with Gasteiger partial charge in [0, 0.05) is 18.4 Å². The molecule has 3 rings (SSSR count). The van der Waals surface area contributed by atoms with Crippen molar-refractivity contribution in [3.05, 3.63) is 36.2 Å². The fraction of sp³-hybridized carbons (Fsp3) is 0.353. The molecular weight excluding hydrogens is 324 g/mol. The number of amides is 3. The lowest BCUT2D eigenvalue weighted by molar-refractivity contribution is -0.123. The molecule has 0 saturated heterocycles. The molecule has 0 radical (unpaired) electrons. The maximum Gasteiger partial charge on any atom is 0.338 e. The molecule has 0 atom stereocenters. The lowest BCUT2D eigenvalue weighted by Crippen LogP contribution is -2.44. The minimum atomic E-state index is -0.676. The highest BCUT2D eigenvalue weighted by Crippen LogP contribution is 2.17. The molecule has 2 aromatic rings. The van der Waals surface area contributed by atoms with Gasteiger partial charge in [-0.2, -0.15) is 0 Å². The minimum Gasteiger partial charge on any atom is -0.452 e. The zero-order valence-electron chi connectivity index (χ0n) is 13.5. The van der Waals surface area contributed by atoms with Crippen LogP contribution in [-0.2, 0) is 9.53 Å². The molecule has 8 nitrogen and oxygen atoms in total. The van der Waals surface area contributed by atoms with Crippen molar-refractivity contribution >= 4 is 28.9 Å². The number of aromatic nitrogens is 2. The van der Waals surface area contributed by atoms with Gasteiger partial charge in [-0.3, -0.25) is 20.1 Å². The summed E-state index contributed by atoms with van der Waals surface area (Å²) in [4.78, 5) is 43.6. The first-order valence-electron chi connectivity index (χ1n) is 8.10. The summed E-state index contributed by atoms with van der Waals surface area (Å²) in [6, 6.07) is 4.27. The second-order valence-electron chi connectivity index (χ2n) is 5.84. The van der Waals surface area contributed by atoms with Crippen molar-refractivity contribution in [2.75, 3.05) is 6.61 Å². The van der Waals surface area contributed by atoms with Crippen LogP contribution in [0, 0.1) is 0 Å². The number of carbonyl (C=O) groups excluding carboxylic acids is 3. The topological polar surface area (TPSA) is 110 Å². The molecule has 1 aromatic carbocycles. The number of hydrogen-bond donors (Lipinski definition) is 2. The molecule has 0 bridgehead atoms. The first-order valence-corrected chi connectivity index (χ1v) is 8.10. The van der Waals surface area contributed by atoms with Crippen molar-refractivity contribution in [2.45, 2.75) is 31.7 Å². The Bertz CT molecular complexity index is 802. The molecule has 3 amide bonds. The van der Waals surface area contributed by atoms with Crippen LogP contribution >= 0.6 is 0 Å². The lowest BCUT2D eigenvalue weighted by Gasteiger charge is -2.12. The molecule has 25 heavy (non-hydrogen) atoms. The second-order valence-corrected chi connectivity index (χ2v) is 5.84. The Morgan fingerprint density at radius 1 is 1.08 bits per heavy atom. The van der Waals surface area contributed by atoms with Gasteiger partial charge in [-0.15, -0.1) is 0 Å². The SMILES string of the molecule is O=C(COC(=O)c1ccc2nccnc2c1)NC(=O)NC1CCCC1. The van der Waals surface area contributed by atoms with Gasteiger partial charge in [0.1, 0.15) is 0 Å². The first kappa shape index (κ1) is 16.8. The Balaban J connectivity index is 1.48. The van der Waals surface area contributed by atoms with Crippen LogP contribution < -0.4 is 10.6 Å². The molecule has 1 aliphatic carbocycles. The average Bonchev–Trinajstić information content (AvgIpc) is 3.12. The van der Waals surface area contributed by atoms with Gasteiger partial charge in [-0.1, -0.05) is 12.8 Å². The normalized spacial score (nSPS) is 14.2. The standard InChI is InChI=1S/C17H18N4O4/c22-15(21-17(24)20-12-3-1-2-4-12)10-25-16(23)11-5-6-13-14(9-11)19-8-7-18-13/h5-9,12H,1-4,10H2,(H2,20,21,22,24). The molecule has 1 aromatic heterocycles. The van der Waals surface area contributed by atoms with Crippen molar-refractivity contribution in [3.63, 3.8) is 0 Å². The van der Waals surface area contributed by atoms with Gasteiger partial charge in [0.2, 0.25) is 0 Å². The number of carbonyl (C=O) groups is 3. The highest BCUT2D eigenvalue weighted by molar-refractivity contribution is 5.98. The molecule has 0 spiro atoms. The third-order valence-electron chi connectivity index (χ3n) is 3.98. The van der Waals surface area contributed by atoms with Crippen LogP contribution in [0.3, 0.4) is 0 Å². The van der Waals surface area contributed by atoms with Gasteiger partial charge in [-0.25, -0.2) is 9.59 Å². The Hall–Kier alpha value is -3.03. The van der Waals surface area contributed by atoms with E-state index >= 15 is 0 Å². The number of rotatable bonds is 4. The molecule has 1 fully saturated rings. The van der Waals surface area contributed by atoms with E-state index in [2.05, 4.69) is 20.6 Å². The van der Waals surface area contributed by atoms with Gasteiger partial charge in [0.15, 0.2) is 6.61 Å². The molecule has 1 saturated carbocycles. The summed E-state index contributed by atoms with van der Waals surface area (Å²) in [5, 5.41) is 4.88. The smallest absolute Gasteiger partial charge is 0.338 e. The molecule has 0 aliphatic heterocycles. The van der Waals surface area contributed by atoms with Crippen LogP contribution in [0.4, 0.5) is 4.79 Å². The maximum atomic E-state index is 12.0. The van der Waals surface area contributed by atoms with Gasteiger partial charge in [0.25, 0.3) is 5.91 Å². The molecule has 0 unspecified atom stereocenters. The fourth-order valence-corrected chi connectivity index (χ4v) is 2.76. The van der Waals surface area contributed by atoms with E-state index in [4.69, 9.17) is 4.74 Å². The van der Waals surface area contributed by atoms with E-state index in [9.17, 15) is 14.4 Å². The Morgan fingerprint density at radius 3 is 2.56 bits per heavy atom. The summed E-state index contributed by atoms with van der Waals surface area (Å²) in [7, 11) is 0. The number of imide groups is 1. The minimum absolute atomic E-state index is 0.106. The van der Waals surface area contributed by atoms with Crippen molar-refractivity contribution in [3.8, 4) is 0 Å². The van der Waals surface area contributed by atoms with Crippen LogP contribution in [0.15, 0.2) is 30.6 Å². The van der Waals surface area contributed by atoms with Crippen molar-refractivity contribution in [2.24, 2.45) is 0 Å². The van der Waals surface area contributed by atoms with Gasteiger partial charge in [-0.05, 0) is 31.0 Å². The predicted molar refractivity (Wildman–Crippen MR) is 88.8 cm³/mol. The van der Waals surface area contributed by atoms with Crippen molar-refractivity contribution in [1.82, 2.24) is 20.6 Å². The van der Waals surface area contributed by atoms with E-state index in [0.717, 1.165) is 25.7 Å². The van der Waals surface area contributed by atoms with E-state index < -0.39 is 24.5 Å². The molecule has 2 N–H and O–H groups in total. The third-order valence-corrected chi connectivity index (χ3v) is 3.98. The Morgan fingerprint density at radius 2 is 1.80 bits per heavy atom. The number of fused-ring (bicyclic) bond motifs is 1. The predicted octanol–water partition coefficient (Wildman–Crippen LogP) is 1.55. The van der Waals surface area contributed by atoms with Gasteiger partial charge < -0.3 is 10.1 Å². The van der Waals surface area contributed by atoms with Gasteiger partial charge >= 0.3 is 12.0 Å². The highest BCUT2D eigenvalue weighted by Gasteiger charge is 2.19. The average molecular weight is 342 g/mol. The summed E-state index contributed by atoms with van der Waals surface area (Å²) in [6.07, 6.45) is 7.07. The summed E-state index contributed by atoms with van der Waals surface area (Å²) in [5.74, 6) is -1.34. The van der Waals surface area contributed by atoms with Gasteiger partial charge in [0.05, 0.1) is 16.6 Å². The number of urea groups is 1. The van der Waals surface area contributed by atoms with Crippen LogP contribution in [0.5, 0.6) is 0 Å². The number of benzene rings is 1. The van der Waals surface area contributed by atoms with E-state index in [0.29, 0.717) is 11.0 Å². The number of hydrogen-bond acceptors (Lipinski definition) is 6. The first-order chi connectivity index (χ1) is 12.1. The number of esters is 1. The highest BCUT2D eigenvalue weighted by atomic mass is 16.5. The summed E-state index contributed by atoms with van der Waals surface area (Å²) < 4.78 is 4.93. The number of nitrogens with zero attached hydrogens (tertiary/aromatic N) is 2. The third kappa shape index (κ3) is 4.50. The van der Waals surface area contributed by atoms with Crippen molar-refractivity contribution < 1.29 is 19.1 Å². The van der Waals surface area contributed by atoms with E-state index in [-0.39, 0.29) is 11.6 Å². The Kier molecular flexibility index (Phi) is 5.17. The molecule has 130 valence electrons. The van der Waals surface area contributed by atoms with Crippen LogP contribution in [0.2, 0.25) is 0 Å². The van der Waals surface area contributed by atoms with E-state index in [1.165, 1.54) is 12.3 Å². The molecule has 1 aliphatic rings. The molecule has 8 heteroatoms.